The highest BCUT2D eigenvalue weighted by molar-refractivity contribution is 6.41. The van der Waals surface area contributed by atoms with E-state index in [0.29, 0.717) is 19.0 Å². The molecule has 10 heteroatoms. The molecule has 1 aromatic heterocycles. The van der Waals surface area contributed by atoms with Gasteiger partial charge in [0, 0.05) is 14.2 Å². The van der Waals surface area contributed by atoms with Gasteiger partial charge in [-0.2, -0.15) is 0 Å². The van der Waals surface area contributed by atoms with Crippen molar-refractivity contribution < 1.29 is 14.3 Å². The number of nitrogens with one attached hydrogen (secondary N) is 1. The maximum atomic E-state index is 12.3. The molecule has 22 heavy (non-hydrogen) atoms. The average Bonchev–Trinajstić information content (AvgIpc) is 2.87. The Kier molecular flexibility index (Phi) is 5.53. The van der Waals surface area contributed by atoms with E-state index in [1.807, 2.05) is 0 Å². The zero-order valence-corrected chi connectivity index (χ0v) is 13.4. The molecule has 0 fully saturated rings. The van der Waals surface area contributed by atoms with Gasteiger partial charge in [-0.15, -0.1) is 0 Å². The Hall–Kier alpha value is -1.90. The maximum Gasteiger partial charge on any atom is 0.261 e. The molecule has 1 heterocycles. The summed E-state index contributed by atoms with van der Waals surface area (Å²) in [6, 6.07) is 3.11. The molecule has 118 valence electrons. The van der Waals surface area contributed by atoms with E-state index in [0.717, 1.165) is 0 Å². The molecule has 2 aromatic rings. The maximum absolute atomic E-state index is 12.3. The molecule has 2 rings (SSSR count). The van der Waals surface area contributed by atoms with Crippen LogP contribution in [0.15, 0.2) is 12.1 Å². The first-order valence-corrected chi connectivity index (χ1v) is 6.93. The topological polar surface area (TPSA) is 91.2 Å². The smallest absolute Gasteiger partial charge is 0.261 e. The van der Waals surface area contributed by atoms with Gasteiger partial charge in [-0.25, -0.2) is 4.68 Å². The largest absolute Gasteiger partial charge is 0.490 e. The van der Waals surface area contributed by atoms with Crippen LogP contribution in [0.5, 0.6) is 5.75 Å². The lowest BCUT2D eigenvalue weighted by atomic mass is 10.2. The predicted molar refractivity (Wildman–Crippen MR) is 80.6 cm³/mol. The normalized spacial score (nSPS) is 10.5. The SMILES string of the molecule is COCCOc1ccc(Cl)c(C(=O)Nc2nnnn2C)c1Cl. The molecule has 0 aliphatic carbocycles. The van der Waals surface area contributed by atoms with Gasteiger partial charge in [-0.05, 0) is 22.6 Å². The summed E-state index contributed by atoms with van der Waals surface area (Å²) in [5.74, 6) is -0.0303. The number of aryl methyl sites for hydroxylation is 1. The van der Waals surface area contributed by atoms with Crippen LogP contribution in [-0.2, 0) is 11.8 Å². The fourth-order valence-corrected chi connectivity index (χ4v) is 2.18. The first kappa shape index (κ1) is 16.5. The Bertz CT molecular complexity index is 677. The van der Waals surface area contributed by atoms with Crippen LogP contribution in [0, 0.1) is 0 Å². The van der Waals surface area contributed by atoms with E-state index in [1.54, 1.807) is 20.2 Å². The molecule has 8 nitrogen and oxygen atoms in total. The first-order valence-electron chi connectivity index (χ1n) is 6.18. The number of carbonyl (C=O) groups excluding carboxylic acids is 1. The summed E-state index contributed by atoms with van der Waals surface area (Å²) in [5.41, 5.74) is 0.0845. The number of hydrogen-bond donors (Lipinski definition) is 1. The van der Waals surface area contributed by atoms with Gasteiger partial charge in [0.05, 0.1) is 22.2 Å². The number of amides is 1. The molecule has 1 aromatic carbocycles. The van der Waals surface area contributed by atoms with Crippen LogP contribution >= 0.6 is 23.2 Å². The molecule has 0 bridgehead atoms. The third-order valence-electron chi connectivity index (χ3n) is 2.67. The van der Waals surface area contributed by atoms with Crippen molar-refractivity contribution in [1.29, 1.82) is 0 Å². The molecule has 0 saturated carbocycles. The summed E-state index contributed by atoms with van der Waals surface area (Å²) in [6.45, 7) is 0.692. The van der Waals surface area contributed by atoms with Crippen LogP contribution < -0.4 is 10.1 Å². The number of halogens is 2. The van der Waals surface area contributed by atoms with Crippen LogP contribution in [0.3, 0.4) is 0 Å². The molecule has 0 unspecified atom stereocenters. The second kappa shape index (κ2) is 7.39. The molecule has 0 radical (unpaired) electrons. The number of carbonyl (C=O) groups is 1. The Morgan fingerprint density at radius 1 is 1.36 bits per heavy atom. The van der Waals surface area contributed by atoms with E-state index in [9.17, 15) is 4.79 Å². The third-order valence-corrected chi connectivity index (χ3v) is 3.36. The highest BCUT2D eigenvalue weighted by atomic mass is 35.5. The van der Waals surface area contributed by atoms with Crippen LogP contribution in [0.4, 0.5) is 5.95 Å². The van der Waals surface area contributed by atoms with Crippen molar-refractivity contribution in [2.24, 2.45) is 7.05 Å². The molecule has 1 N–H and O–H groups in total. The van der Waals surface area contributed by atoms with Gasteiger partial charge in [-0.3, -0.25) is 10.1 Å². The predicted octanol–water partition coefficient (Wildman–Crippen LogP) is 1.79. The van der Waals surface area contributed by atoms with Gasteiger partial charge in [0.25, 0.3) is 5.91 Å². The van der Waals surface area contributed by atoms with E-state index in [-0.39, 0.29) is 21.6 Å². The minimum absolute atomic E-state index is 0.0845. The minimum Gasteiger partial charge on any atom is -0.490 e. The summed E-state index contributed by atoms with van der Waals surface area (Å²) >= 11 is 12.3. The summed E-state index contributed by atoms with van der Waals surface area (Å²) < 4.78 is 11.6. The number of nitrogens with zero attached hydrogens (tertiary/aromatic N) is 4. The number of methoxy groups -OCH3 is 1. The van der Waals surface area contributed by atoms with Crippen LogP contribution in [-0.4, -0.2) is 46.4 Å². The van der Waals surface area contributed by atoms with Gasteiger partial charge in [0.1, 0.15) is 12.4 Å². The summed E-state index contributed by atoms with van der Waals surface area (Å²) in [7, 11) is 3.14. The molecule has 0 aliphatic rings. The van der Waals surface area contributed by atoms with Gasteiger partial charge < -0.3 is 9.47 Å². The Morgan fingerprint density at radius 3 is 2.77 bits per heavy atom. The van der Waals surface area contributed by atoms with Crippen molar-refractivity contribution in [2.45, 2.75) is 0 Å². The van der Waals surface area contributed by atoms with Crippen molar-refractivity contribution in [3.63, 3.8) is 0 Å². The van der Waals surface area contributed by atoms with Crippen molar-refractivity contribution in [3.05, 3.63) is 27.7 Å². The summed E-state index contributed by atoms with van der Waals surface area (Å²) in [6.07, 6.45) is 0. The highest BCUT2D eigenvalue weighted by Gasteiger charge is 2.20. The Morgan fingerprint density at radius 2 is 2.14 bits per heavy atom. The number of benzene rings is 1. The van der Waals surface area contributed by atoms with Crippen molar-refractivity contribution >= 4 is 35.1 Å². The standard InChI is InChI=1S/C12H13Cl2N5O3/c1-19-12(16-17-18-19)15-11(20)9-7(13)3-4-8(10(9)14)22-6-5-21-2/h3-4H,5-6H2,1-2H3,(H,15,16,18,20). The first-order chi connectivity index (χ1) is 10.5. The van der Waals surface area contributed by atoms with Gasteiger partial charge in [0.2, 0.25) is 5.95 Å². The zero-order valence-electron chi connectivity index (χ0n) is 11.8. The molecule has 1 amide bonds. The second-order valence-electron chi connectivity index (χ2n) is 4.16. The number of rotatable bonds is 6. The molecular formula is C12H13Cl2N5O3. The molecule has 0 spiro atoms. The number of tetrazole rings is 1. The van der Waals surface area contributed by atoms with Gasteiger partial charge >= 0.3 is 0 Å². The van der Waals surface area contributed by atoms with E-state index in [2.05, 4.69) is 20.8 Å². The van der Waals surface area contributed by atoms with Gasteiger partial charge in [0.15, 0.2) is 0 Å². The molecule has 0 atom stereocenters. The van der Waals surface area contributed by atoms with Crippen molar-refractivity contribution in [1.82, 2.24) is 20.2 Å². The second-order valence-corrected chi connectivity index (χ2v) is 4.94. The third kappa shape index (κ3) is 3.65. The fourth-order valence-electron chi connectivity index (χ4n) is 1.59. The quantitative estimate of drug-likeness (QED) is 0.802. The van der Waals surface area contributed by atoms with Crippen LogP contribution in [0.1, 0.15) is 10.4 Å². The average molecular weight is 346 g/mol. The highest BCUT2D eigenvalue weighted by Crippen LogP contribution is 2.33. The summed E-state index contributed by atoms with van der Waals surface area (Å²) in [4.78, 5) is 12.3. The van der Waals surface area contributed by atoms with Crippen LogP contribution in [0.25, 0.3) is 0 Å². The monoisotopic (exact) mass is 345 g/mol. The molecule has 0 saturated heterocycles. The number of anilines is 1. The lowest BCUT2D eigenvalue weighted by molar-refractivity contribution is 0.102. The minimum atomic E-state index is -0.537. The number of ether oxygens (including phenoxy) is 2. The zero-order chi connectivity index (χ0) is 16.1. The number of hydrogen-bond acceptors (Lipinski definition) is 6. The van der Waals surface area contributed by atoms with Crippen molar-refractivity contribution in [3.8, 4) is 5.75 Å². The van der Waals surface area contributed by atoms with Gasteiger partial charge in [-0.1, -0.05) is 28.3 Å². The molecule has 0 aliphatic heterocycles. The number of aromatic nitrogens is 4. The van der Waals surface area contributed by atoms with E-state index < -0.39 is 5.91 Å². The van der Waals surface area contributed by atoms with Crippen molar-refractivity contribution in [2.75, 3.05) is 25.6 Å². The Balaban J connectivity index is 2.23. The Labute approximate surface area is 136 Å². The van der Waals surface area contributed by atoms with E-state index in [4.69, 9.17) is 32.7 Å². The lowest BCUT2D eigenvalue weighted by Gasteiger charge is -2.12. The van der Waals surface area contributed by atoms with E-state index >= 15 is 0 Å². The van der Waals surface area contributed by atoms with Crippen LogP contribution in [0.2, 0.25) is 10.0 Å². The summed E-state index contributed by atoms with van der Waals surface area (Å²) in [5, 5.41) is 13.5. The lowest BCUT2D eigenvalue weighted by Crippen LogP contribution is -2.17. The van der Waals surface area contributed by atoms with E-state index in [1.165, 1.54) is 10.7 Å². The fraction of sp³-hybridized carbons (Fsp3) is 0.333. The molecular weight excluding hydrogens is 333 g/mol.